The largest absolute Gasteiger partial charge is 0.496 e. The summed E-state index contributed by atoms with van der Waals surface area (Å²) in [5.41, 5.74) is 0.750. The number of hydrogen-bond acceptors (Lipinski definition) is 2. The Morgan fingerprint density at radius 1 is 1.54 bits per heavy atom. The predicted octanol–water partition coefficient (Wildman–Crippen LogP) is 2.92. The summed E-state index contributed by atoms with van der Waals surface area (Å²) >= 11 is 4.22. The molecule has 1 aromatic carbocycles. The monoisotopic (exact) mass is 402 g/mol. The van der Waals surface area contributed by atoms with Crippen LogP contribution in [0, 0.1) is 3.57 Å². The van der Waals surface area contributed by atoms with Gasteiger partial charge in [-0.2, -0.15) is 0 Å². The number of benzene rings is 1. The molecule has 1 aromatic rings. The van der Waals surface area contributed by atoms with E-state index >= 15 is 0 Å². The Balaban J connectivity index is 3.02. The number of ether oxygens (including phenoxy) is 1. The fraction of sp³-hybridized carbons (Fsp3) is 0.222. The van der Waals surface area contributed by atoms with Gasteiger partial charge in [0.2, 0.25) is 0 Å². The third kappa shape index (κ3) is 2.80. The summed E-state index contributed by atoms with van der Waals surface area (Å²) in [6.45, 7) is 0. The van der Waals surface area contributed by atoms with Gasteiger partial charge in [0.1, 0.15) is 5.75 Å². The zero-order valence-electron chi connectivity index (χ0n) is 7.01. The number of methoxy groups -OCH3 is 1. The van der Waals surface area contributed by atoms with Gasteiger partial charge in [-0.05, 0) is 40.8 Å². The fourth-order valence-corrected chi connectivity index (χ4v) is 2.09. The average molecular weight is 402 g/mol. The molecule has 0 aromatic heterocycles. The summed E-state index contributed by atoms with van der Waals surface area (Å²) in [7, 11) is 1.62. The van der Waals surface area contributed by atoms with Gasteiger partial charge in [0.15, 0.2) is 5.78 Å². The van der Waals surface area contributed by atoms with Crippen LogP contribution in [0.15, 0.2) is 18.2 Å². The number of hydrogen-bond donors (Lipinski definition) is 0. The van der Waals surface area contributed by atoms with Gasteiger partial charge < -0.3 is 4.74 Å². The first-order valence-electron chi connectivity index (χ1n) is 3.61. The molecule has 0 bridgehead atoms. The Kier molecular flexibility index (Phi) is 4.43. The molecule has 2 nitrogen and oxygen atoms in total. The zero-order chi connectivity index (χ0) is 9.84. The van der Waals surface area contributed by atoms with Gasteiger partial charge in [0.05, 0.1) is 15.1 Å². The molecular formula is C9H8I2O2. The molecule has 0 heterocycles. The minimum absolute atomic E-state index is 0.154. The molecule has 0 atom stereocenters. The number of ketones is 1. The van der Waals surface area contributed by atoms with Crippen LogP contribution in [0.4, 0.5) is 0 Å². The lowest BCUT2D eigenvalue weighted by Crippen LogP contribution is -2.00. The Morgan fingerprint density at radius 2 is 2.23 bits per heavy atom. The van der Waals surface area contributed by atoms with Gasteiger partial charge >= 0.3 is 0 Å². The molecule has 0 aliphatic carbocycles. The fourth-order valence-electron chi connectivity index (χ4n) is 0.917. The van der Waals surface area contributed by atoms with Crippen LogP contribution in [0.5, 0.6) is 5.75 Å². The van der Waals surface area contributed by atoms with E-state index in [0.717, 1.165) is 14.9 Å². The lowest BCUT2D eigenvalue weighted by atomic mass is 10.1. The normalized spacial score (nSPS) is 9.77. The number of rotatable bonds is 3. The number of halogens is 2. The molecule has 0 N–H and O–H groups in total. The highest BCUT2D eigenvalue weighted by atomic mass is 127. The molecular weight excluding hydrogens is 394 g/mol. The minimum Gasteiger partial charge on any atom is -0.496 e. The maximum atomic E-state index is 11.3. The van der Waals surface area contributed by atoms with Gasteiger partial charge in [-0.3, -0.25) is 4.79 Å². The van der Waals surface area contributed by atoms with E-state index < -0.39 is 0 Å². The number of alkyl halides is 1. The van der Waals surface area contributed by atoms with Gasteiger partial charge in [0, 0.05) is 5.56 Å². The Morgan fingerprint density at radius 3 is 2.69 bits per heavy atom. The lowest BCUT2D eigenvalue weighted by Gasteiger charge is -2.04. The third-order valence-electron chi connectivity index (χ3n) is 1.60. The van der Waals surface area contributed by atoms with Gasteiger partial charge in [-0.25, -0.2) is 0 Å². The SMILES string of the molecule is COc1ccc(C(=O)CI)cc1I. The van der Waals surface area contributed by atoms with E-state index in [1.54, 1.807) is 13.2 Å². The Bertz CT molecular complexity index is 323. The van der Waals surface area contributed by atoms with Gasteiger partial charge in [0.25, 0.3) is 0 Å². The standard InChI is InChI=1S/C9H8I2O2/c1-13-9-3-2-6(4-7(9)11)8(12)5-10/h2-4H,5H2,1H3. The van der Waals surface area contributed by atoms with Crippen LogP contribution in [-0.2, 0) is 0 Å². The molecule has 4 heteroatoms. The van der Waals surface area contributed by atoms with Crippen LogP contribution < -0.4 is 4.74 Å². The summed E-state index contributed by atoms with van der Waals surface area (Å²) in [5, 5.41) is 0. The average Bonchev–Trinajstić information content (AvgIpc) is 2.16. The van der Waals surface area contributed by atoms with E-state index in [2.05, 4.69) is 45.2 Å². The summed E-state index contributed by atoms with van der Waals surface area (Å²) in [4.78, 5) is 11.3. The van der Waals surface area contributed by atoms with Crippen molar-refractivity contribution in [3.8, 4) is 5.75 Å². The smallest absolute Gasteiger partial charge is 0.172 e. The van der Waals surface area contributed by atoms with E-state index in [-0.39, 0.29) is 5.78 Å². The topological polar surface area (TPSA) is 26.3 Å². The van der Waals surface area contributed by atoms with Crippen LogP contribution in [-0.4, -0.2) is 17.3 Å². The summed E-state index contributed by atoms with van der Waals surface area (Å²) in [6, 6.07) is 5.46. The molecule has 0 aliphatic heterocycles. The Hall–Kier alpha value is 0.150. The van der Waals surface area contributed by atoms with Crippen molar-refractivity contribution in [2.75, 3.05) is 11.5 Å². The minimum atomic E-state index is 0.154. The van der Waals surface area contributed by atoms with Crippen LogP contribution >= 0.6 is 45.2 Å². The summed E-state index contributed by atoms with van der Waals surface area (Å²) in [5.74, 6) is 0.965. The van der Waals surface area contributed by atoms with Crippen LogP contribution in [0.25, 0.3) is 0 Å². The van der Waals surface area contributed by atoms with E-state index in [0.29, 0.717) is 4.43 Å². The quantitative estimate of drug-likeness (QED) is 0.442. The first-order valence-corrected chi connectivity index (χ1v) is 6.22. The van der Waals surface area contributed by atoms with Crippen LogP contribution in [0.1, 0.15) is 10.4 Å². The summed E-state index contributed by atoms with van der Waals surface area (Å²) < 4.78 is 6.58. The van der Waals surface area contributed by atoms with E-state index in [1.807, 2.05) is 12.1 Å². The molecule has 0 amide bonds. The van der Waals surface area contributed by atoms with Crippen molar-refractivity contribution in [3.05, 3.63) is 27.3 Å². The third-order valence-corrected chi connectivity index (χ3v) is 3.13. The highest BCUT2D eigenvalue weighted by molar-refractivity contribution is 14.1. The summed E-state index contributed by atoms with van der Waals surface area (Å²) in [6.07, 6.45) is 0. The maximum absolute atomic E-state index is 11.3. The predicted molar refractivity (Wildman–Crippen MR) is 68.9 cm³/mol. The molecule has 0 radical (unpaired) electrons. The zero-order valence-corrected chi connectivity index (χ0v) is 11.3. The first kappa shape index (κ1) is 11.2. The van der Waals surface area contributed by atoms with Crippen molar-refractivity contribution in [3.63, 3.8) is 0 Å². The second-order valence-corrected chi connectivity index (χ2v) is 4.33. The second kappa shape index (κ2) is 5.14. The molecule has 0 saturated carbocycles. The first-order chi connectivity index (χ1) is 6.19. The van der Waals surface area contributed by atoms with Crippen LogP contribution in [0.2, 0.25) is 0 Å². The van der Waals surface area contributed by atoms with E-state index in [4.69, 9.17) is 4.74 Å². The van der Waals surface area contributed by atoms with Crippen molar-refractivity contribution in [1.29, 1.82) is 0 Å². The van der Waals surface area contributed by atoms with Gasteiger partial charge in [-0.1, -0.05) is 22.6 Å². The van der Waals surface area contributed by atoms with Crippen molar-refractivity contribution in [1.82, 2.24) is 0 Å². The molecule has 0 spiro atoms. The number of carbonyl (C=O) groups excluding carboxylic acids is 1. The molecule has 0 unspecified atom stereocenters. The second-order valence-electron chi connectivity index (χ2n) is 2.41. The van der Waals surface area contributed by atoms with Gasteiger partial charge in [-0.15, -0.1) is 0 Å². The molecule has 13 heavy (non-hydrogen) atoms. The van der Waals surface area contributed by atoms with Crippen molar-refractivity contribution >= 4 is 51.0 Å². The molecule has 0 saturated heterocycles. The van der Waals surface area contributed by atoms with Crippen molar-refractivity contribution in [2.24, 2.45) is 0 Å². The highest BCUT2D eigenvalue weighted by Crippen LogP contribution is 2.21. The number of carbonyl (C=O) groups is 1. The van der Waals surface area contributed by atoms with Crippen molar-refractivity contribution < 1.29 is 9.53 Å². The molecule has 0 aliphatic rings. The molecule has 0 fully saturated rings. The molecule has 1 rings (SSSR count). The van der Waals surface area contributed by atoms with Crippen LogP contribution in [0.3, 0.4) is 0 Å². The lowest BCUT2D eigenvalue weighted by molar-refractivity contribution is 0.102. The number of Topliss-reactive ketones (excluding diaryl/α,β-unsaturated/α-hetero) is 1. The highest BCUT2D eigenvalue weighted by Gasteiger charge is 2.06. The molecule has 70 valence electrons. The van der Waals surface area contributed by atoms with Crippen molar-refractivity contribution in [2.45, 2.75) is 0 Å². The van der Waals surface area contributed by atoms with E-state index in [1.165, 1.54) is 0 Å². The Labute approximate surface area is 104 Å². The van der Waals surface area contributed by atoms with E-state index in [9.17, 15) is 4.79 Å². The maximum Gasteiger partial charge on any atom is 0.172 e.